The molecule has 108 valence electrons. The number of nitrogens with two attached hydrogens (primary N) is 1. The first-order chi connectivity index (χ1) is 9.83. The highest BCUT2D eigenvalue weighted by Gasteiger charge is 2.18. The number of nitrogens with one attached hydrogen (secondary N) is 1. The lowest BCUT2D eigenvalue weighted by Gasteiger charge is -2.12. The average molecular weight is 301 g/mol. The Kier molecular flexibility index (Phi) is 3.87. The van der Waals surface area contributed by atoms with Crippen molar-refractivity contribution in [2.75, 3.05) is 10.5 Å². The summed E-state index contributed by atoms with van der Waals surface area (Å²) in [6.07, 6.45) is 0. The number of sulfonamides is 1. The van der Waals surface area contributed by atoms with E-state index in [0.29, 0.717) is 22.5 Å². The van der Waals surface area contributed by atoms with Crippen LogP contribution in [0, 0.1) is 25.2 Å². The van der Waals surface area contributed by atoms with Crippen molar-refractivity contribution in [2.24, 2.45) is 0 Å². The molecule has 2 aromatic carbocycles. The minimum atomic E-state index is -3.70. The molecule has 0 radical (unpaired) electrons. The fraction of sp³-hybridized carbons (Fsp3) is 0.133. The fourth-order valence-electron chi connectivity index (χ4n) is 2.02. The molecule has 6 heteroatoms. The Labute approximate surface area is 124 Å². The molecule has 0 aliphatic heterocycles. The normalized spacial score (nSPS) is 10.9. The number of nitriles is 1. The molecule has 5 nitrogen and oxygen atoms in total. The van der Waals surface area contributed by atoms with E-state index in [9.17, 15) is 8.42 Å². The second kappa shape index (κ2) is 5.46. The lowest BCUT2D eigenvalue weighted by molar-refractivity contribution is 0.600. The van der Waals surface area contributed by atoms with Gasteiger partial charge in [0.05, 0.1) is 22.2 Å². The zero-order valence-electron chi connectivity index (χ0n) is 11.7. The monoisotopic (exact) mass is 301 g/mol. The average Bonchev–Trinajstić information content (AvgIpc) is 2.41. The van der Waals surface area contributed by atoms with Crippen molar-refractivity contribution in [3.63, 3.8) is 0 Å². The molecule has 0 aliphatic carbocycles. The second-order valence-electron chi connectivity index (χ2n) is 4.77. The van der Waals surface area contributed by atoms with Gasteiger partial charge in [-0.25, -0.2) is 8.42 Å². The van der Waals surface area contributed by atoms with Gasteiger partial charge >= 0.3 is 0 Å². The van der Waals surface area contributed by atoms with E-state index < -0.39 is 10.0 Å². The van der Waals surface area contributed by atoms with E-state index in [4.69, 9.17) is 11.0 Å². The van der Waals surface area contributed by atoms with Gasteiger partial charge in [0.25, 0.3) is 10.0 Å². The summed E-state index contributed by atoms with van der Waals surface area (Å²) in [5, 5.41) is 8.83. The van der Waals surface area contributed by atoms with Crippen LogP contribution >= 0.6 is 0 Å². The molecular weight excluding hydrogens is 286 g/mol. The van der Waals surface area contributed by atoms with Gasteiger partial charge in [-0.3, -0.25) is 4.72 Å². The Hall–Kier alpha value is -2.52. The Morgan fingerprint density at radius 3 is 2.38 bits per heavy atom. The minimum Gasteiger partial charge on any atom is -0.399 e. The van der Waals surface area contributed by atoms with Crippen LogP contribution in [0.2, 0.25) is 0 Å². The number of aryl methyl sites for hydroxylation is 2. The second-order valence-corrected chi connectivity index (χ2v) is 6.42. The van der Waals surface area contributed by atoms with Gasteiger partial charge in [0.1, 0.15) is 0 Å². The van der Waals surface area contributed by atoms with Crippen molar-refractivity contribution >= 4 is 21.4 Å². The summed E-state index contributed by atoms with van der Waals surface area (Å²) in [6, 6.07) is 11.4. The number of nitrogen functional groups attached to an aromatic ring is 1. The Morgan fingerprint density at radius 1 is 1.10 bits per heavy atom. The molecule has 0 amide bonds. The molecule has 0 aliphatic rings. The van der Waals surface area contributed by atoms with Crippen LogP contribution in [0.1, 0.15) is 16.7 Å². The van der Waals surface area contributed by atoms with Crippen LogP contribution in [0.4, 0.5) is 11.4 Å². The van der Waals surface area contributed by atoms with E-state index in [1.807, 2.05) is 6.07 Å². The highest BCUT2D eigenvalue weighted by atomic mass is 32.2. The first-order valence-electron chi connectivity index (χ1n) is 6.23. The molecule has 0 aromatic heterocycles. The maximum atomic E-state index is 12.4. The van der Waals surface area contributed by atoms with Crippen molar-refractivity contribution in [1.29, 1.82) is 5.26 Å². The topological polar surface area (TPSA) is 96.0 Å². The number of anilines is 2. The van der Waals surface area contributed by atoms with Crippen molar-refractivity contribution in [2.45, 2.75) is 18.7 Å². The van der Waals surface area contributed by atoms with E-state index in [0.717, 1.165) is 5.56 Å². The van der Waals surface area contributed by atoms with Crippen LogP contribution in [0.3, 0.4) is 0 Å². The summed E-state index contributed by atoms with van der Waals surface area (Å²) < 4.78 is 27.4. The summed E-state index contributed by atoms with van der Waals surface area (Å²) in [7, 11) is -3.70. The van der Waals surface area contributed by atoms with Crippen LogP contribution in [0.5, 0.6) is 0 Å². The largest absolute Gasteiger partial charge is 0.399 e. The molecule has 0 unspecified atom stereocenters. The lowest BCUT2D eigenvalue weighted by atomic mass is 10.2. The van der Waals surface area contributed by atoms with E-state index in [2.05, 4.69) is 4.72 Å². The Balaban J connectivity index is 2.41. The summed E-state index contributed by atoms with van der Waals surface area (Å²) >= 11 is 0. The smallest absolute Gasteiger partial charge is 0.262 e. The molecule has 2 rings (SSSR count). The zero-order valence-corrected chi connectivity index (χ0v) is 12.5. The summed E-state index contributed by atoms with van der Waals surface area (Å²) in [4.78, 5) is 0.151. The molecule has 0 bridgehead atoms. The highest BCUT2D eigenvalue weighted by Crippen LogP contribution is 2.23. The molecule has 3 N–H and O–H groups in total. The summed E-state index contributed by atoms with van der Waals surface area (Å²) in [5.74, 6) is 0. The highest BCUT2D eigenvalue weighted by molar-refractivity contribution is 7.92. The number of benzene rings is 2. The van der Waals surface area contributed by atoms with Crippen molar-refractivity contribution in [3.05, 3.63) is 53.1 Å². The summed E-state index contributed by atoms with van der Waals surface area (Å²) in [6.45, 7) is 3.44. The van der Waals surface area contributed by atoms with Gasteiger partial charge in [-0.2, -0.15) is 5.26 Å². The molecule has 0 saturated heterocycles. The number of nitrogens with zero attached hydrogens (tertiary/aromatic N) is 1. The van der Waals surface area contributed by atoms with Crippen LogP contribution in [-0.2, 0) is 10.0 Å². The Morgan fingerprint density at radius 2 is 1.81 bits per heavy atom. The molecule has 0 atom stereocenters. The molecule has 21 heavy (non-hydrogen) atoms. The first kappa shape index (κ1) is 14.9. The third kappa shape index (κ3) is 3.15. The molecule has 0 heterocycles. The van der Waals surface area contributed by atoms with Gasteiger partial charge in [-0.15, -0.1) is 0 Å². The van der Waals surface area contributed by atoms with Crippen LogP contribution < -0.4 is 10.5 Å². The molecule has 2 aromatic rings. The van der Waals surface area contributed by atoms with Crippen molar-refractivity contribution in [1.82, 2.24) is 0 Å². The zero-order chi connectivity index (χ0) is 15.6. The van der Waals surface area contributed by atoms with Gasteiger partial charge in [0, 0.05) is 5.69 Å². The van der Waals surface area contributed by atoms with E-state index in [1.165, 1.54) is 12.1 Å². The number of rotatable bonds is 3. The number of hydrogen-bond acceptors (Lipinski definition) is 4. The maximum absolute atomic E-state index is 12.4. The fourth-order valence-corrected chi connectivity index (χ4v) is 3.38. The quantitative estimate of drug-likeness (QED) is 0.851. The van der Waals surface area contributed by atoms with Gasteiger partial charge in [0.2, 0.25) is 0 Å². The minimum absolute atomic E-state index is 0.151. The molecular formula is C15H15N3O2S. The van der Waals surface area contributed by atoms with Gasteiger partial charge in [0.15, 0.2) is 0 Å². The van der Waals surface area contributed by atoms with Gasteiger partial charge in [-0.1, -0.05) is 0 Å². The number of hydrogen-bond donors (Lipinski definition) is 2. The SMILES string of the molecule is Cc1cc(N)ccc1NS(=O)(=O)c1ccc(C#N)cc1C. The predicted molar refractivity (Wildman–Crippen MR) is 82.3 cm³/mol. The van der Waals surface area contributed by atoms with Gasteiger partial charge < -0.3 is 5.73 Å². The van der Waals surface area contributed by atoms with E-state index in [1.54, 1.807) is 38.1 Å². The van der Waals surface area contributed by atoms with E-state index in [-0.39, 0.29) is 4.90 Å². The third-order valence-electron chi connectivity index (χ3n) is 3.09. The predicted octanol–water partition coefficient (Wildman–Crippen LogP) is 2.56. The van der Waals surface area contributed by atoms with Crippen LogP contribution in [0.25, 0.3) is 0 Å². The Bertz CT molecular complexity index is 836. The molecule has 0 saturated carbocycles. The van der Waals surface area contributed by atoms with Crippen LogP contribution in [0.15, 0.2) is 41.3 Å². The summed E-state index contributed by atoms with van der Waals surface area (Å²) in [5.41, 5.74) is 8.39. The standard InChI is InChI=1S/C15H15N3O2S/c1-10-8-13(17)4-5-14(10)18-21(19,20)15-6-3-12(9-16)7-11(15)2/h3-8,18H,17H2,1-2H3. The van der Waals surface area contributed by atoms with Crippen molar-refractivity contribution < 1.29 is 8.42 Å². The first-order valence-corrected chi connectivity index (χ1v) is 7.71. The lowest BCUT2D eigenvalue weighted by Crippen LogP contribution is -2.15. The molecule has 0 spiro atoms. The third-order valence-corrected chi connectivity index (χ3v) is 4.61. The van der Waals surface area contributed by atoms with Crippen LogP contribution in [-0.4, -0.2) is 8.42 Å². The molecule has 0 fully saturated rings. The van der Waals surface area contributed by atoms with Gasteiger partial charge in [-0.05, 0) is 61.4 Å². The van der Waals surface area contributed by atoms with E-state index >= 15 is 0 Å². The van der Waals surface area contributed by atoms with Crippen molar-refractivity contribution in [3.8, 4) is 6.07 Å². The maximum Gasteiger partial charge on any atom is 0.262 e.